The first-order valence-electron chi connectivity index (χ1n) is 7.25. The lowest BCUT2D eigenvalue weighted by atomic mass is 9.98. The number of nitrogens with zero attached hydrogens (tertiary/aromatic N) is 1. The Kier molecular flexibility index (Phi) is 4.52. The Hall–Kier alpha value is -1.30. The number of likely N-dealkylation sites (N-methyl/N-ethyl adjacent to an activating group) is 1. The first-order chi connectivity index (χ1) is 9.41. The number of carboxylic acids is 1. The van der Waals surface area contributed by atoms with Gasteiger partial charge in [-0.2, -0.15) is 0 Å². The fraction of sp³-hybridized carbons (Fsp3) is 0.857. The van der Waals surface area contributed by atoms with E-state index < -0.39 is 11.9 Å². The maximum atomic E-state index is 12.3. The summed E-state index contributed by atoms with van der Waals surface area (Å²) in [7, 11) is 1.65. The summed E-state index contributed by atoms with van der Waals surface area (Å²) in [5.74, 6) is -0.463. The number of hydrogen-bond acceptors (Lipinski definition) is 3. The molecule has 0 bridgehead atoms. The average molecular weight is 284 g/mol. The monoisotopic (exact) mass is 284 g/mol. The number of hydrogen-bond donors (Lipinski definition) is 2. The van der Waals surface area contributed by atoms with Crippen LogP contribution in [-0.2, 0) is 9.53 Å². The van der Waals surface area contributed by atoms with Gasteiger partial charge < -0.3 is 20.1 Å². The maximum absolute atomic E-state index is 12.3. The zero-order valence-corrected chi connectivity index (χ0v) is 12.3. The molecule has 114 valence electrons. The normalized spacial score (nSPS) is 36.9. The lowest BCUT2D eigenvalue weighted by molar-refractivity contribution is -0.142. The van der Waals surface area contributed by atoms with Gasteiger partial charge in [-0.3, -0.25) is 4.79 Å². The van der Waals surface area contributed by atoms with E-state index >= 15 is 0 Å². The summed E-state index contributed by atoms with van der Waals surface area (Å²) >= 11 is 0. The molecule has 1 saturated heterocycles. The van der Waals surface area contributed by atoms with Crippen LogP contribution in [0.5, 0.6) is 0 Å². The van der Waals surface area contributed by atoms with Gasteiger partial charge in [0.1, 0.15) is 5.92 Å². The highest BCUT2D eigenvalue weighted by molar-refractivity contribution is 5.77. The van der Waals surface area contributed by atoms with Gasteiger partial charge in [-0.1, -0.05) is 13.8 Å². The summed E-state index contributed by atoms with van der Waals surface area (Å²) in [6.07, 6.45) is 2.12. The average Bonchev–Trinajstić information content (AvgIpc) is 3.00. The SMILES string of the molecule is CC1CCC(NC(=O)N(C)C2COCC2C(=O)O)C1C. The van der Waals surface area contributed by atoms with Gasteiger partial charge in [0.2, 0.25) is 0 Å². The van der Waals surface area contributed by atoms with Crippen molar-refractivity contribution in [1.29, 1.82) is 0 Å². The highest BCUT2D eigenvalue weighted by atomic mass is 16.5. The van der Waals surface area contributed by atoms with Crippen LogP contribution in [0.3, 0.4) is 0 Å². The molecule has 0 aromatic carbocycles. The van der Waals surface area contributed by atoms with Gasteiger partial charge in [0.15, 0.2) is 0 Å². The molecule has 0 aromatic rings. The van der Waals surface area contributed by atoms with E-state index in [2.05, 4.69) is 19.2 Å². The molecule has 2 N–H and O–H groups in total. The first kappa shape index (κ1) is 15.1. The quantitative estimate of drug-likeness (QED) is 0.815. The van der Waals surface area contributed by atoms with E-state index in [1.165, 1.54) is 4.90 Å². The minimum Gasteiger partial charge on any atom is -0.481 e. The van der Waals surface area contributed by atoms with Crippen LogP contribution in [0.15, 0.2) is 0 Å². The Morgan fingerprint density at radius 2 is 1.95 bits per heavy atom. The third kappa shape index (κ3) is 2.90. The molecule has 5 unspecified atom stereocenters. The van der Waals surface area contributed by atoms with Crippen LogP contribution in [0.4, 0.5) is 4.79 Å². The van der Waals surface area contributed by atoms with Gasteiger partial charge >= 0.3 is 12.0 Å². The third-order valence-corrected chi connectivity index (χ3v) is 4.96. The minimum atomic E-state index is -0.907. The Bertz CT molecular complexity index is 387. The van der Waals surface area contributed by atoms with Crippen LogP contribution < -0.4 is 5.32 Å². The number of carbonyl (C=O) groups is 2. The number of aliphatic carboxylic acids is 1. The number of carboxylic acid groups (broad SMARTS) is 1. The Balaban J connectivity index is 1.93. The second-order valence-corrected chi connectivity index (χ2v) is 6.13. The van der Waals surface area contributed by atoms with Gasteiger partial charge in [-0.15, -0.1) is 0 Å². The summed E-state index contributed by atoms with van der Waals surface area (Å²) in [6, 6.07) is -0.398. The molecule has 0 spiro atoms. The number of nitrogens with one attached hydrogen (secondary N) is 1. The van der Waals surface area contributed by atoms with E-state index in [1.54, 1.807) is 7.05 Å². The molecule has 20 heavy (non-hydrogen) atoms. The van der Waals surface area contributed by atoms with Crippen LogP contribution in [0.2, 0.25) is 0 Å². The topological polar surface area (TPSA) is 78.9 Å². The predicted octanol–water partition coefficient (Wildman–Crippen LogP) is 1.16. The molecule has 1 aliphatic heterocycles. The van der Waals surface area contributed by atoms with Crippen LogP contribution in [0.25, 0.3) is 0 Å². The Morgan fingerprint density at radius 1 is 1.25 bits per heavy atom. The number of rotatable bonds is 3. The lowest BCUT2D eigenvalue weighted by Crippen LogP contribution is -2.51. The van der Waals surface area contributed by atoms with Gasteiger partial charge in [0, 0.05) is 13.1 Å². The fourth-order valence-corrected chi connectivity index (χ4v) is 3.14. The molecule has 6 heteroatoms. The van der Waals surface area contributed by atoms with Crippen LogP contribution in [-0.4, -0.2) is 54.4 Å². The van der Waals surface area contributed by atoms with Crippen molar-refractivity contribution in [3.63, 3.8) is 0 Å². The van der Waals surface area contributed by atoms with Crippen LogP contribution >= 0.6 is 0 Å². The van der Waals surface area contributed by atoms with Crippen molar-refractivity contribution < 1.29 is 19.4 Å². The number of amides is 2. The van der Waals surface area contributed by atoms with Crippen molar-refractivity contribution in [2.75, 3.05) is 20.3 Å². The molecule has 6 nitrogen and oxygen atoms in total. The fourth-order valence-electron chi connectivity index (χ4n) is 3.14. The van der Waals surface area contributed by atoms with Crippen molar-refractivity contribution in [3.05, 3.63) is 0 Å². The summed E-state index contributed by atoms with van der Waals surface area (Å²) in [6.45, 7) is 4.82. The number of urea groups is 1. The summed E-state index contributed by atoms with van der Waals surface area (Å²) in [4.78, 5) is 24.9. The summed E-state index contributed by atoms with van der Waals surface area (Å²) in [5.41, 5.74) is 0. The van der Waals surface area contributed by atoms with Crippen LogP contribution in [0, 0.1) is 17.8 Å². The summed E-state index contributed by atoms with van der Waals surface area (Å²) < 4.78 is 5.21. The van der Waals surface area contributed by atoms with E-state index in [0.717, 1.165) is 12.8 Å². The summed E-state index contributed by atoms with van der Waals surface area (Å²) in [5, 5.41) is 12.2. The Labute approximate surface area is 119 Å². The van der Waals surface area contributed by atoms with E-state index in [9.17, 15) is 9.59 Å². The van der Waals surface area contributed by atoms with Gasteiger partial charge in [-0.25, -0.2) is 4.79 Å². The highest BCUT2D eigenvalue weighted by Gasteiger charge is 2.39. The molecular weight excluding hydrogens is 260 g/mol. The number of carbonyl (C=O) groups excluding carboxylic acids is 1. The molecule has 1 heterocycles. The Morgan fingerprint density at radius 3 is 2.50 bits per heavy atom. The molecule has 2 rings (SSSR count). The molecular formula is C14H24N2O4. The molecule has 5 atom stereocenters. The lowest BCUT2D eigenvalue weighted by Gasteiger charge is -2.29. The second kappa shape index (κ2) is 5.99. The zero-order chi connectivity index (χ0) is 14.9. The van der Waals surface area contributed by atoms with E-state index in [-0.39, 0.29) is 31.3 Å². The molecule has 0 radical (unpaired) electrons. The smallest absolute Gasteiger partial charge is 0.317 e. The third-order valence-electron chi connectivity index (χ3n) is 4.96. The van der Waals surface area contributed by atoms with Crippen molar-refractivity contribution in [2.45, 2.75) is 38.8 Å². The maximum Gasteiger partial charge on any atom is 0.317 e. The van der Waals surface area contributed by atoms with Gasteiger partial charge in [0.25, 0.3) is 0 Å². The standard InChI is InChI=1S/C14H24N2O4/c1-8-4-5-11(9(8)2)15-14(19)16(3)12-7-20-6-10(12)13(17)18/h8-12H,4-7H2,1-3H3,(H,15,19)(H,17,18). The van der Waals surface area contributed by atoms with E-state index in [4.69, 9.17) is 9.84 Å². The molecule has 1 aliphatic carbocycles. The molecule has 2 fully saturated rings. The minimum absolute atomic E-state index is 0.175. The van der Waals surface area contributed by atoms with Gasteiger partial charge in [0.05, 0.1) is 19.3 Å². The second-order valence-electron chi connectivity index (χ2n) is 6.13. The number of ether oxygens (including phenoxy) is 1. The zero-order valence-electron chi connectivity index (χ0n) is 12.3. The van der Waals surface area contributed by atoms with E-state index in [1.807, 2.05) is 0 Å². The van der Waals surface area contributed by atoms with Gasteiger partial charge in [-0.05, 0) is 24.7 Å². The molecule has 2 aliphatic rings. The van der Waals surface area contributed by atoms with Crippen molar-refractivity contribution in [2.24, 2.45) is 17.8 Å². The van der Waals surface area contributed by atoms with Crippen LogP contribution in [0.1, 0.15) is 26.7 Å². The molecule has 2 amide bonds. The van der Waals surface area contributed by atoms with Crippen molar-refractivity contribution >= 4 is 12.0 Å². The van der Waals surface area contributed by atoms with Crippen molar-refractivity contribution in [3.8, 4) is 0 Å². The largest absolute Gasteiger partial charge is 0.481 e. The highest BCUT2D eigenvalue weighted by Crippen LogP contribution is 2.31. The van der Waals surface area contributed by atoms with Crippen molar-refractivity contribution in [1.82, 2.24) is 10.2 Å². The molecule has 0 aromatic heterocycles. The molecule has 1 saturated carbocycles. The first-order valence-corrected chi connectivity index (χ1v) is 7.25. The predicted molar refractivity (Wildman–Crippen MR) is 73.4 cm³/mol. The van der Waals surface area contributed by atoms with E-state index in [0.29, 0.717) is 11.8 Å².